The van der Waals surface area contributed by atoms with E-state index in [9.17, 15) is 4.79 Å². The Labute approximate surface area is 95.1 Å². The van der Waals surface area contributed by atoms with E-state index in [0.717, 1.165) is 0 Å². The van der Waals surface area contributed by atoms with Gasteiger partial charge >= 0.3 is 0 Å². The number of hydrogen-bond donors (Lipinski definition) is 1. The lowest BCUT2D eigenvalue weighted by molar-refractivity contribution is 0.0697. The van der Waals surface area contributed by atoms with Crippen LogP contribution in [0.1, 0.15) is 37.9 Å². The molecule has 0 radical (unpaired) electrons. The second-order valence-electron chi connectivity index (χ2n) is 3.42. The Morgan fingerprint density at radius 3 is 3.06 bits per heavy atom. The van der Waals surface area contributed by atoms with Gasteiger partial charge in [0.25, 0.3) is 5.56 Å². The number of ether oxygens (including phenoxy) is 1. The highest BCUT2D eigenvalue weighted by atomic mass is 16.5. The van der Waals surface area contributed by atoms with E-state index >= 15 is 0 Å². The lowest BCUT2D eigenvalue weighted by Crippen LogP contribution is -2.16. The first-order valence-corrected chi connectivity index (χ1v) is 5.32. The van der Waals surface area contributed by atoms with Crippen LogP contribution in [0.4, 0.5) is 0 Å². The van der Waals surface area contributed by atoms with E-state index in [4.69, 9.17) is 11.2 Å². The van der Waals surface area contributed by atoms with Gasteiger partial charge < -0.3 is 9.72 Å². The molecule has 0 bridgehead atoms. The fourth-order valence-electron chi connectivity index (χ4n) is 1.38. The average molecular weight is 220 g/mol. The van der Waals surface area contributed by atoms with E-state index in [2.05, 4.69) is 15.9 Å². The second-order valence-corrected chi connectivity index (χ2v) is 3.42. The molecule has 1 unspecified atom stereocenters. The molecule has 1 aromatic heterocycles. The Kier molecular flexibility index (Phi) is 4.74. The lowest BCUT2D eigenvalue weighted by Gasteiger charge is -2.11. The summed E-state index contributed by atoms with van der Waals surface area (Å²) in [5, 5.41) is 0. The molecule has 0 saturated heterocycles. The van der Waals surface area contributed by atoms with Gasteiger partial charge in [-0.3, -0.25) is 4.79 Å². The minimum Gasteiger partial charge on any atom is -0.371 e. The van der Waals surface area contributed by atoms with Crippen molar-refractivity contribution < 1.29 is 4.74 Å². The fourth-order valence-corrected chi connectivity index (χ4v) is 1.38. The highest BCUT2D eigenvalue weighted by Crippen LogP contribution is 2.10. The van der Waals surface area contributed by atoms with Crippen molar-refractivity contribution in [1.82, 2.24) is 9.97 Å². The van der Waals surface area contributed by atoms with Crippen molar-refractivity contribution in [3.05, 3.63) is 27.9 Å². The molecule has 0 aliphatic rings. The van der Waals surface area contributed by atoms with E-state index < -0.39 is 0 Å². The van der Waals surface area contributed by atoms with Crippen LogP contribution in [0.5, 0.6) is 0 Å². The highest BCUT2D eigenvalue weighted by molar-refractivity contribution is 5.06. The molecule has 1 aromatic rings. The zero-order valence-electron chi connectivity index (χ0n) is 9.62. The summed E-state index contributed by atoms with van der Waals surface area (Å²) in [6.45, 7) is 4.34. The van der Waals surface area contributed by atoms with Gasteiger partial charge in [0.1, 0.15) is 11.9 Å². The Bertz CT molecular complexity index is 431. The van der Waals surface area contributed by atoms with Crippen LogP contribution in [-0.2, 0) is 11.2 Å². The molecule has 1 atom stereocenters. The molecule has 0 saturated carbocycles. The summed E-state index contributed by atoms with van der Waals surface area (Å²) in [7, 11) is 0. The molecular formula is C12H16N2O2. The van der Waals surface area contributed by atoms with E-state index in [0.29, 0.717) is 31.0 Å². The third-order valence-corrected chi connectivity index (χ3v) is 2.14. The predicted octanol–water partition coefficient (Wildman–Crippen LogP) is 1.43. The maximum absolute atomic E-state index is 11.4. The molecule has 1 N–H and O–H groups in total. The smallest absolute Gasteiger partial charge is 0.251 e. The second kappa shape index (κ2) is 6.09. The van der Waals surface area contributed by atoms with Crippen LogP contribution in [0.3, 0.4) is 0 Å². The van der Waals surface area contributed by atoms with Crippen molar-refractivity contribution in [2.24, 2.45) is 0 Å². The molecule has 0 aliphatic carbocycles. The van der Waals surface area contributed by atoms with Crippen LogP contribution in [0, 0.1) is 12.3 Å². The molecule has 0 aliphatic heterocycles. The third-order valence-electron chi connectivity index (χ3n) is 2.14. The van der Waals surface area contributed by atoms with E-state index in [-0.39, 0.29) is 11.7 Å². The van der Waals surface area contributed by atoms with Crippen molar-refractivity contribution in [2.75, 3.05) is 6.61 Å². The van der Waals surface area contributed by atoms with Crippen LogP contribution in [0.25, 0.3) is 0 Å². The molecule has 1 rings (SSSR count). The topological polar surface area (TPSA) is 55.0 Å². The van der Waals surface area contributed by atoms with Crippen LogP contribution < -0.4 is 5.56 Å². The largest absolute Gasteiger partial charge is 0.371 e. The van der Waals surface area contributed by atoms with Gasteiger partial charge in [-0.1, -0.05) is 0 Å². The molecule has 0 amide bonds. The fraction of sp³-hybridized carbons (Fsp3) is 0.500. The van der Waals surface area contributed by atoms with E-state index in [1.807, 2.05) is 13.8 Å². The zero-order chi connectivity index (χ0) is 12.0. The van der Waals surface area contributed by atoms with Crippen LogP contribution >= 0.6 is 0 Å². The number of aryl methyl sites for hydroxylation is 1. The first-order chi connectivity index (χ1) is 7.67. The van der Waals surface area contributed by atoms with Gasteiger partial charge in [-0.25, -0.2) is 4.98 Å². The van der Waals surface area contributed by atoms with Crippen molar-refractivity contribution >= 4 is 0 Å². The van der Waals surface area contributed by atoms with Gasteiger partial charge in [0.2, 0.25) is 0 Å². The molecular weight excluding hydrogens is 204 g/mol. The minimum atomic E-state index is -0.205. The van der Waals surface area contributed by atoms with Crippen LogP contribution in [0.15, 0.2) is 10.9 Å². The Balaban J connectivity index is 2.90. The Morgan fingerprint density at radius 2 is 2.44 bits per heavy atom. The maximum atomic E-state index is 11.4. The third kappa shape index (κ3) is 3.52. The molecule has 86 valence electrons. The predicted molar refractivity (Wildman–Crippen MR) is 62.1 cm³/mol. The number of nitrogens with one attached hydrogen (secondary N) is 1. The molecule has 0 fully saturated rings. The van der Waals surface area contributed by atoms with Crippen molar-refractivity contribution in [1.29, 1.82) is 0 Å². The highest BCUT2D eigenvalue weighted by Gasteiger charge is 2.09. The monoisotopic (exact) mass is 220 g/mol. The van der Waals surface area contributed by atoms with Gasteiger partial charge in [0.15, 0.2) is 0 Å². The number of hydrogen-bond acceptors (Lipinski definition) is 3. The maximum Gasteiger partial charge on any atom is 0.251 e. The van der Waals surface area contributed by atoms with Crippen molar-refractivity contribution in [3.63, 3.8) is 0 Å². The van der Waals surface area contributed by atoms with Gasteiger partial charge in [-0.05, 0) is 13.8 Å². The minimum absolute atomic E-state index is 0.163. The molecule has 0 aromatic carbocycles. The average Bonchev–Trinajstić information content (AvgIpc) is 2.26. The molecule has 0 spiro atoms. The first kappa shape index (κ1) is 12.5. The lowest BCUT2D eigenvalue weighted by atomic mass is 10.2. The van der Waals surface area contributed by atoms with Crippen molar-refractivity contribution in [2.45, 2.75) is 32.8 Å². The molecule has 16 heavy (non-hydrogen) atoms. The summed E-state index contributed by atoms with van der Waals surface area (Å²) in [4.78, 5) is 18.4. The standard InChI is InChI=1S/C12H16N2O2/c1-4-6-7-10-8-11(15)14-12(13-10)9(3)16-5-2/h1,8-9H,5-7H2,2-3H3,(H,13,14,15). The summed E-state index contributed by atoms with van der Waals surface area (Å²) in [6, 6.07) is 1.47. The van der Waals surface area contributed by atoms with Crippen molar-refractivity contribution in [3.8, 4) is 12.3 Å². The Morgan fingerprint density at radius 1 is 1.69 bits per heavy atom. The van der Waals surface area contributed by atoms with Gasteiger partial charge in [0.05, 0.1) is 0 Å². The van der Waals surface area contributed by atoms with Crippen LogP contribution in [0.2, 0.25) is 0 Å². The first-order valence-electron chi connectivity index (χ1n) is 5.32. The van der Waals surface area contributed by atoms with E-state index in [1.165, 1.54) is 6.07 Å². The number of aromatic nitrogens is 2. The number of aromatic amines is 1. The summed E-state index contributed by atoms with van der Waals surface area (Å²) in [5.41, 5.74) is 0.548. The summed E-state index contributed by atoms with van der Waals surface area (Å²) < 4.78 is 5.37. The molecule has 1 heterocycles. The number of terminal acetylenes is 1. The van der Waals surface area contributed by atoms with E-state index in [1.54, 1.807) is 0 Å². The normalized spacial score (nSPS) is 12.1. The number of rotatable bonds is 5. The Hall–Kier alpha value is -1.60. The zero-order valence-corrected chi connectivity index (χ0v) is 9.62. The number of H-pyrrole nitrogens is 1. The summed E-state index contributed by atoms with van der Waals surface area (Å²) >= 11 is 0. The summed E-state index contributed by atoms with van der Waals surface area (Å²) in [6.07, 6.45) is 6.17. The van der Waals surface area contributed by atoms with Gasteiger partial charge in [-0.15, -0.1) is 12.3 Å². The quantitative estimate of drug-likeness (QED) is 0.764. The molecule has 4 heteroatoms. The SMILES string of the molecule is C#CCCc1cc(=O)[nH]c(C(C)OCC)n1. The van der Waals surface area contributed by atoms with Crippen LogP contribution in [-0.4, -0.2) is 16.6 Å². The van der Waals surface area contributed by atoms with Gasteiger partial charge in [0, 0.05) is 31.2 Å². The summed E-state index contributed by atoms with van der Waals surface area (Å²) in [5.74, 6) is 3.08. The molecule has 4 nitrogen and oxygen atoms in total. The van der Waals surface area contributed by atoms with Gasteiger partial charge in [-0.2, -0.15) is 0 Å². The number of nitrogens with zero attached hydrogens (tertiary/aromatic N) is 1.